The number of aliphatic carboxylic acids is 1. The number of amides is 1. The van der Waals surface area contributed by atoms with Crippen LogP contribution in [0.2, 0.25) is 0 Å². The summed E-state index contributed by atoms with van der Waals surface area (Å²) in [4.78, 5) is 23.6. The van der Waals surface area contributed by atoms with Crippen LogP contribution in [-0.2, 0) is 9.59 Å². The SMILES string of the molecule is COc1ccc([C@H]2CC(c3ccc(C)cc3)=NN2C(=O)CCC(=O)O)cc1OC. The number of carbonyl (C=O) groups excluding carboxylic acids is 1. The predicted molar refractivity (Wildman–Crippen MR) is 108 cm³/mol. The number of hydrogen-bond acceptors (Lipinski definition) is 5. The Balaban J connectivity index is 1.94. The molecule has 0 saturated carbocycles. The number of ether oxygens (including phenoxy) is 2. The van der Waals surface area contributed by atoms with Crippen molar-refractivity contribution in [3.05, 3.63) is 59.2 Å². The molecule has 0 saturated heterocycles. The van der Waals surface area contributed by atoms with Gasteiger partial charge >= 0.3 is 5.97 Å². The number of hydrogen-bond donors (Lipinski definition) is 1. The Kier molecular flexibility index (Phi) is 6.16. The molecule has 0 unspecified atom stereocenters. The molecule has 1 atom stereocenters. The first-order valence-corrected chi connectivity index (χ1v) is 9.33. The van der Waals surface area contributed by atoms with Crippen molar-refractivity contribution in [2.75, 3.05) is 14.2 Å². The van der Waals surface area contributed by atoms with Gasteiger partial charge in [0.25, 0.3) is 0 Å². The van der Waals surface area contributed by atoms with Crippen molar-refractivity contribution >= 4 is 17.6 Å². The molecule has 0 fully saturated rings. The van der Waals surface area contributed by atoms with Gasteiger partial charge in [0.1, 0.15) is 0 Å². The number of hydrazone groups is 1. The van der Waals surface area contributed by atoms with Gasteiger partial charge in [-0.3, -0.25) is 9.59 Å². The maximum absolute atomic E-state index is 12.7. The van der Waals surface area contributed by atoms with E-state index in [4.69, 9.17) is 14.6 Å². The van der Waals surface area contributed by atoms with Crippen molar-refractivity contribution in [1.82, 2.24) is 5.01 Å². The van der Waals surface area contributed by atoms with Gasteiger partial charge in [-0.25, -0.2) is 5.01 Å². The van der Waals surface area contributed by atoms with E-state index in [-0.39, 0.29) is 24.8 Å². The Morgan fingerprint density at radius 2 is 1.76 bits per heavy atom. The summed E-state index contributed by atoms with van der Waals surface area (Å²) in [5, 5.41) is 14.9. The lowest BCUT2D eigenvalue weighted by atomic mass is 9.97. The Bertz CT molecular complexity index is 937. The molecule has 2 aromatic rings. The monoisotopic (exact) mass is 396 g/mol. The summed E-state index contributed by atoms with van der Waals surface area (Å²) in [7, 11) is 3.12. The van der Waals surface area contributed by atoms with E-state index in [1.54, 1.807) is 20.3 Å². The minimum Gasteiger partial charge on any atom is -0.493 e. The Morgan fingerprint density at radius 1 is 1.07 bits per heavy atom. The van der Waals surface area contributed by atoms with Crippen LogP contribution in [0.15, 0.2) is 47.6 Å². The highest BCUT2D eigenvalue weighted by atomic mass is 16.5. The van der Waals surface area contributed by atoms with Gasteiger partial charge in [0.2, 0.25) is 5.91 Å². The average Bonchev–Trinajstić information content (AvgIpc) is 3.17. The zero-order valence-electron chi connectivity index (χ0n) is 16.7. The number of carbonyl (C=O) groups is 2. The summed E-state index contributed by atoms with van der Waals surface area (Å²) in [5.74, 6) is -0.179. The molecule has 1 amide bonds. The van der Waals surface area contributed by atoms with Crippen molar-refractivity contribution in [2.24, 2.45) is 5.10 Å². The number of rotatable bonds is 7. The van der Waals surface area contributed by atoms with Crippen molar-refractivity contribution in [3.63, 3.8) is 0 Å². The molecule has 152 valence electrons. The summed E-state index contributed by atoms with van der Waals surface area (Å²) < 4.78 is 10.7. The molecule has 7 nitrogen and oxygen atoms in total. The van der Waals surface area contributed by atoms with Gasteiger partial charge in [-0.05, 0) is 30.2 Å². The Hall–Kier alpha value is -3.35. The van der Waals surface area contributed by atoms with Gasteiger partial charge in [0.15, 0.2) is 11.5 Å². The third-order valence-corrected chi connectivity index (χ3v) is 4.90. The number of methoxy groups -OCH3 is 2. The standard InChI is InChI=1S/C22H24N2O5/c1-14-4-6-15(7-5-14)17-13-18(24(23-17)21(25)10-11-22(26)27)16-8-9-19(28-2)20(12-16)29-3/h4-9,12,18H,10-11,13H2,1-3H3,(H,26,27)/t18-/m1/s1. The second kappa shape index (κ2) is 8.77. The smallest absolute Gasteiger partial charge is 0.303 e. The third-order valence-electron chi connectivity index (χ3n) is 4.90. The van der Waals surface area contributed by atoms with E-state index < -0.39 is 5.97 Å². The number of nitrogens with zero attached hydrogens (tertiary/aromatic N) is 2. The molecule has 0 bridgehead atoms. The molecule has 3 rings (SSSR count). The average molecular weight is 396 g/mol. The molecule has 1 heterocycles. The fraction of sp³-hybridized carbons (Fsp3) is 0.318. The molecular formula is C22H24N2O5. The fourth-order valence-electron chi connectivity index (χ4n) is 3.31. The number of carboxylic acids is 1. The zero-order valence-corrected chi connectivity index (χ0v) is 16.7. The van der Waals surface area contributed by atoms with Crippen molar-refractivity contribution in [3.8, 4) is 11.5 Å². The van der Waals surface area contributed by atoms with Crippen LogP contribution in [0.3, 0.4) is 0 Å². The first-order chi connectivity index (χ1) is 13.9. The van der Waals surface area contributed by atoms with E-state index >= 15 is 0 Å². The first kappa shape index (κ1) is 20.4. The molecule has 29 heavy (non-hydrogen) atoms. The molecule has 2 aromatic carbocycles. The van der Waals surface area contributed by atoms with E-state index in [0.29, 0.717) is 17.9 Å². The molecule has 0 aromatic heterocycles. The highest BCUT2D eigenvalue weighted by molar-refractivity contribution is 6.03. The van der Waals surface area contributed by atoms with Crippen LogP contribution in [0, 0.1) is 6.92 Å². The third kappa shape index (κ3) is 4.56. The Morgan fingerprint density at radius 3 is 2.38 bits per heavy atom. The predicted octanol–water partition coefficient (Wildman–Crippen LogP) is 3.55. The number of carboxylic acid groups (broad SMARTS) is 1. The summed E-state index contributed by atoms with van der Waals surface area (Å²) in [6.07, 6.45) is 0.185. The van der Waals surface area contributed by atoms with Crippen LogP contribution < -0.4 is 9.47 Å². The van der Waals surface area contributed by atoms with Gasteiger partial charge in [0.05, 0.1) is 32.4 Å². The second-order valence-corrected chi connectivity index (χ2v) is 6.88. The van der Waals surface area contributed by atoms with Crippen molar-refractivity contribution < 1.29 is 24.2 Å². The molecular weight excluding hydrogens is 372 g/mol. The highest BCUT2D eigenvalue weighted by Gasteiger charge is 2.33. The molecule has 0 radical (unpaired) electrons. The van der Waals surface area contributed by atoms with Crippen LogP contribution in [0.1, 0.15) is 42.0 Å². The quantitative estimate of drug-likeness (QED) is 0.773. The normalized spacial score (nSPS) is 15.8. The molecule has 1 aliphatic heterocycles. The minimum absolute atomic E-state index is 0.107. The maximum Gasteiger partial charge on any atom is 0.303 e. The lowest BCUT2D eigenvalue weighted by molar-refractivity contribution is -0.141. The molecule has 0 aliphatic carbocycles. The molecule has 7 heteroatoms. The Labute approximate surface area is 169 Å². The summed E-state index contributed by atoms with van der Waals surface area (Å²) in [6, 6.07) is 13.1. The van der Waals surface area contributed by atoms with Gasteiger partial charge in [-0.1, -0.05) is 35.9 Å². The van der Waals surface area contributed by atoms with Gasteiger partial charge < -0.3 is 14.6 Å². The summed E-state index contributed by atoms with van der Waals surface area (Å²) in [5.41, 5.74) is 3.71. The van der Waals surface area contributed by atoms with Crippen molar-refractivity contribution in [1.29, 1.82) is 0 Å². The largest absolute Gasteiger partial charge is 0.493 e. The molecule has 1 N–H and O–H groups in total. The lowest BCUT2D eigenvalue weighted by Gasteiger charge is -2.22. The lowest BCUT2D eigenvalue weighted by Crippen LogP contribution is -2.27. The van der Waals surface area contributed by atoms with Crippen LogP contribution >= 0.6 is 0 Å². The highest BCUT2D eigenvalue weighted by Crippen LogP contribution is 2.37. The molecule has 0 spiro atoms. The second-order valence-electron chi connectivity index (χ2n) is 6.88. The van der Waals surface area contributed by atoms with Crippen molar-refractivity contribution in [2.45, 2.75) is 32.2 Å². The number of aryl methyl sites for hydroxylation is 1. The van der Waals surface area contributed by atoms with E-state index in [9.17, 15) is 9.59 Å². The van der Waals surface area contributed by atoms with E-state index in [1.165, 1.54) is 5.01 Å². The fourth-order valence-corrected chi connectivity index (χ4v) is 3.31. The van der Waals surface area contributed by atoms with E-state index in [1.807, 2.05) is 43.3 Å². The van der Waals surface area contributed by atoms with Crippen LogP contribution in [0.5, 0.6) is 11.5 Å². The van der Waals surface area contributed by atoms with E-state index in [2.05, 4.69) is 5.10 Å². The summed E-state index contributed by atoms with van der Waals surface area (Å²) in [6.45, 7) is 2.01. The van der Waals surface area contributed by atoms with Crippen LogP contribution in [0.25, 0.3) is 0 Å². The minimum atomic E-state index is -1.01. The van der Waals surface area contributed by atoms with Crippen LogP contribution in [-0.4, -0.2) is 41.9 Å². The zero-order chi connectivity index (χ0) is 21.0. The molecule has 1 aliphatic rings. The van der Waals surface area contributed by atoms with E-state index in [0.717, 1.165) is 22.4 Å². The summed E-state index contributed by atoms with van der Waals surface area (Å²) >= 11 is 0. The number of benzene rings is 2. The first-order valence-electron chi connectivity index (χ1n) is 9.33. The van der Waals surface area contributed by atoms with Gasteiger partial charge in [0, 0.05) is 12.8 Å². The van der Waals surface area contributed by atoms with Gasteiger partial charge in [-0.15, -0.1) is 0 Å². The topological polar surface area (TPSA) is 88.4 Å². The van der Waals surface area contributed by atoms with Gasteiger partial charge in [-0.2, -0.15) is 5.10 Å². The van der Waals surface area contributed by atoms with Crippen LogP contribution in [0.4, 0.5) is 0 Å². The maximum atomic E-state index is 12.7.